The molecule has 1 aromatic rings. The first kappa shape index (κ1) is 10.4. The molecular weight excluding hydrogens is 190 g/mol. The average Bonchev–Trinajstić information content (AvgIpc) is 2.32. The first-order valence-corrected chi connectivity index (χ1v) is 5.25. The second kappa shape index (κ2) is 5.11. The summed E-state index contributed by atoms with van der Waals surface area (Å²) in [6, 6.07) is 8.48. The molecule has 1 fully saturated rings. The Morgan fingerprint density at radius 1 is 1.20 bits per heavy atom. The van der Waals surface area contributed by atoms with Crippen molar-refractivity contribution >= 4 is 5.69 Å². The molecule has 1 aliphatic heterocycles. The van der Waals surface area contributed by atoms with Crippen LogP contribution >= 0.6 is 0 Å². The Hall–Kier alpha value is -1.10. The summed E-state index contributed by atoms with van der Waals surface area (Å²) in [4.78, 5) is 2.34. The van der Waals surface area contributed by atoms with Crippen molar-refractivity contribution < 1.29 is 4.74 Å². The highest BCUT2D eigenvalue weighted by Gasteiger charge is 2.10. The van der Waals surface area contributed by atoms with Gasteiger partial charge in [0.1, 0.15) is 0 Å². The standard InChI is InChI=1S/C11H17N3O/c12-13-9-10-1-3-11(4-2-10)14-5-7-15-8-6-14/h1-4,13H,5-9,12H2. The largest absolute Gasteiger partial charge is 0.378 e. The predicted octanol–water partition coefficient (Wildman–Crippen LogP) is 0.486. The van der Waals surface area contributed by atoms with E-state index in [2.05, 4.69) is 34.6 Å². The molecule has 0 radical (unpaired) electrons. The molecule has 3 N–H and O–H groups in total. The normalized spacial score (nSPS) is 16.7. The van der Waals surface area contributed by atoms with Crippen molar-refractivity contribution in [3.63, 3.8) is 0 Å². The van der Waals surface area contributed by atoms with Gasteiger partial charge in [-0.15, -0.1) is 0 Å². The van der Waals surface area contributed by atoms with Gasteiger partial charge in [0.15, 0.2) is 0 Å². The van der Waals surface area contributed by atoms with Crippen molar-refractivity contribution in [2.75, 3.05) is 31.2 Å². The highest BCUT2D eigenvalue weighted by atomic mass is 16.5. The highest BCUT2D eigenvalue weighted by molar-refractivity contribution is 5.47. The van der Waals surface area contributed by atoms with Crippen LogP contribution in [0.25, 0.3) is 0 Å². The molecule has 82 valence electrons. The molecule has 0 amide bonds. The Kier molecular flexibility index (Phi) is 3.55. The molecule has 1 aliphatic rings. The van der Waals surface area contributed by atoms with Crippen LogP contribution in [-0.2, 0) is 11.3 Å². The lowest BCUT2D eigenvalue weighted by Crippen LogP contribution is -2.36. The fraction of sp³-hybridized carbons (Fsp3) is 0.455. The number of rotatable bonds is 3. The van der Waals surface area contributed by atoms with Gasteiger partial charge < -0.3 is 9.64 Å². The van der Waals surface area contributed by atoms with E-state index in [-0.39, 0.29) is 0 Å². The number of morpholine rings is 1. The van der Waals surface area contributed by atoms with E-state index < -0.39 is 0 Å². The molecule has 1 aromatic carbocycles. The third kappa shape index (κ3) is 2.68. The van der Waals surface area contributed by atoms with Crippen LogP contribution < -0.4 is 16.2 Å². The van der Waals surface area contributed by atoms with Crippen molar-refractivity contribution in [3.05, 3.63) is 29.8 Å². The fourth-order valence-corrected chi connectivity index (χ4v) is 1.76. The number of hydrazine groups is 1. The van der Waals surface area contributed by atoms with E-state index >= 15 is 0 Å². The maximum absolute atomic E-state index is 5.32. The molecule has 4 nitrogen and oxygen atoms in total. The van der Waals surface area contributed by atoms with Crippen molar-refractivity contribution in [1.29, 1.82) is 0 Å². The Balaban J connectivity index is 2.02. The van der Waals surface area contributed by atoms with Crippen LogP contribution in [0.2, 0.25) is 0 Å². The summed E-state index contributed by atoms with van der Waals surface area (Å²) in [6.07, 6.45) is 0. The zero-order chi connectivity index (χ0) is 10.5. The number of nitrogens with zero attached hydrogens (tertiary/aromatic N) is 1. The molecule has 1 heterocycles. The summed E-state index contributed by atoms with van der Waals surface area (Å²) < 4.78 is 5.32. The van der Waals surface area contributed by atoms with E-state index in [0.29, 0.717) is 6.54 Å². The number of ether oxygens (including phenoxy) is 1. The van der Waals surface area contributed by atoms with Crippen LogP contribution in [0, 0.1) is 0 Å². The highest BCUT2D eigenvalue weighted by Crippen LogP contribution is 2.16. The van der Waals surface area contributed by atoms with E-state index in [0.717, 1.165) is 26.3 Å². The zero-order valence-corrected chi connectivity index (χ0v) is 8.78. The minimum atomic E-state index is 0.712. The quantitative estimate of drug-likeness (QED) is 0.559. The maximum atomic E-state index is 5.32. The average molecular weight is 207 g/mol. The third-order valence-electron chi connectivity index (χ3n) is 2.62. The molecule has 0 saturated carbocycles. The first-order chi connectivity index (χ1) is 7.40. The summed E-state index contributed by atoms with van der Waals surface area (Å²) in [5, 5.41) is 0. The van der Waals surface area contributed by atoms with Gasteiger partial charge in [-0.3, -0.25) is 11.3 Å². The number of hydrogen-bond acceptors (Lipinski definition) is 4. The van der Waals surface area contributed by atoms with Gasteiger partial charge in [-0.1, -0.05) is 12.1 Å². The van der Waals surface area contributed by atoms with E-state index in [1.54, 1.807) is 0 Å². The molecule has 0 aromatic heterocycles. The van der Waals surface area contributed by atoms with Crippen molar-refractivity contribution in [3.8, 4) is 0 Å². The molecule has 0 aliphatic carbocycles. The minimum absolute atomic E-state index is 0.712. The topological polar surface area (TPSA) is 50.5 Å². The van der Waals surface area contributed by atoms with Gasteiger partial charge in [0.05, 0.1) is 13.2 Å². The van der Waals surface area contributed by atoms with E-state index in [9.17, 15) is 0 Å². The summed E-state index contributed by atoms with van der Waals surface area (Å²) in [5.41, 5.74) is 5.12. The lowest BCUT2D eigenvalue weighted by Gasteiger charge is -2.28. The molecule has 0 atom stereocenters. The molecule has 4 heteroatoms. The predicted molar refractivity (Wildman–Crippen MR) is 60.5 cm³/mol. The Morgan fingerprint density at radius 3 is 2.47 bits per heavy atom. The number of benzene rings is 1. The van der Waals surface area contributed by atoms with Gasteiger partial charge in [0, 0.05) is 25.3 Å². The van der Waals surface area contributed by atoms with Gasteiger partial charge >= 0.3 is 0 Å². The third-order valence-corrected chi connectivity index (χ3v) is 2.62. The molecule has 2 rings (SSSR count). The number of hydrogen-bond donors (Lipinski definition) is 2. The fourth-order valence-electron chi connectivity index (χ4n) is 1.76. The van der Waals surface area contributed by atoms with E-state index in [4.69, 9.17) is 10.6 Å². The van der Waals surface area contributed by atoms with Crippen LogP contribution in [0.3, 0.4) is 0 Å². The monoisotopic (exact) mass is 207 g/mol. The number of nitrogens with two attached hydrogens (primary N) is 1. The van der Waals surface area contributed by atoms with E-state index in [1.165, 1.54) is 11.3 Å². The lowest BCUT2D eigenvalue weighted by molar-refractivity contribution is 0.122. The van der Waals surface area contributed by atoms with Crippen molar-refractivity contribution in [2.45, 2.75) is 6.54 Å². The summed E-state index contributed by atoms with van der Waals surface area (Å²) in [7, 11) is 0. The second-order valence-electron chi connectivity index (χ2n) is 3.65. The van der Waals surface area contributed by atoms with Crippen molar-refractivity contribution in [1.82, 2.24) is 5.43 Å². The lowest BCUT2D eigenvalue weighted by atomic mass is 10.2. The van der Waals surface area contributed by atoms with Crippen molar-refractivity contribution in [2.24, 2.45) is 5.84 Å². The smallest absolute Gasteiger partial charge is 0.0642 e. The zero-order valence-electron chi connectivity index (χ0n) is 8.78. The molecule has 0 unspecified atom stereocenters. The first-order valence-electron chi connectivity index (χ1n) is 5.25. The number of nitrogens with one attached hydrogen (secondary N) is 1. The Labute approximate surface area is 90.0 Å². The van der Waals surface area contributed by atoms with Crippen LogP contribution in [0.4, 0.5) is 5.69 Å². The van der Waals surface area contributed by atoms with Crippen LogP contribution in [0.15, 0.2) is 24.3 Å². The van der Waals surface area contributed by atoms with Crippen LogP contribution in [-0.4, -0.2) is 26.3 Å². The Morgan fingerprint density at radius 2 is 1.87 bits per heavy atom. The van der Waals surface area contributed by atoms with Crippen LogP contribution in [0.5, 0.6) is 0 Å². The maximum Gasteiger partial charge on any atom is 0.0642 e. The van der Waals surface area contributed by atoms with E-state index in [1.807, 2.05) is 0 Å². The van der Waals surface area contributed by atoms with Gasteiger partial charge in [0.25, 0.3) is 0 Å². The number of anilines is 1. The summed E-state index contributed by atoms with van der Waals surface area (Å²) in [5.74, 6) is 5.26. The minimum Gasteiger partial charge on any atom is -0.378 e. The molecule has 0 bridgehead atoms. The Bertz CT molecular complexity index is 293. The van der Waals surface area contributed by atoms with Crippen LogP contribution in [0.1, 0.15) is 5.56 Å². The SMILES string of the molecule is NNCc1ccc(N2CCOCC2)cc1. The molecule has 15 heavy (non-hydrogen) atoms. The van der Waals surface area contributed by atoms with Gasteiger partial charge in [-0.2, -0.15) is 0 Å². The molecular formula is C11H17N3O. The molecule has 1 saturated heterocycles. The van der Waals surface area contributed by atoms with Gasteiger partial charge in [0.2, 0.25) is 0 Å². The summed E-state index contributed by atoms with van der Waals surface area (Å²) in [6.45, 7) is 4.32. The summed E-state index contributed by atoms with van der Waals surface area (Å²) >= 11 is 0. The second-order valence-corrected chi connectivity index (χ2v) is 3.65. The molecule has 0 spiro atoms. The van der Waals surface area contributed by atoms with Gasteiger partial charge in [-0.05, 0) is 17.7 Å². The van der Waals surface area contributed by atoms with Gasteiger partial charge in [-0.25, -0.2) is 0 Å².